The maximum atomic E-state index is 14.0. The average Bonchev–Trinajstić information content (AvgIpc) is 3.15. The molecule has 1 aliphatic heterocycles. The van der Waals surface area contributed by atoms with E-state index in [1.807, 2.05) is 24.0 Å². The van der Waals surface area contributed by atoms with Crippen LogP contribution in [0.5, 0.6) is 0 Å². The Balaban J connectivity index is 1.45. The van der Waals surface area contributed by atoms with Crippen molar-refractivity contribution in [3.8, 4) is 0 Å². The van der Waals surface area contributed by atoms with Gasteiger partial charge in [-0.15, -0.1) is 0 Å². The Morgan fingerprint density at radius 2 is 2.00 bits per heavy atom. The van der Waals surface area contributed by atoms with Crippen molar-refractivity contribution in [1.82, 2.24) is 24.6 Å². The summed E-state index contributed by atoms with van der Waals surface area (Å²) in [7, 11) is 0. The lowest BCUT2D eigenvalue weighted by atomic mass is 10.1. The molecule has 25 heavy (non-hydrogen) atoms. The van der Waals surface area contributed by atoms with Crippen molar-refractivity contribution in [2.45, 2.75) is 32.4 Å². The summed E-state index contributed by atoms with van der Waals surface area (Å²) in [6, 6.07) is 6.93. The third kappa shape index (κ3) is 4.42. The third-order valence-corrected chi connectivity index (χ3v) is 4.81. The number of benzene rings is 1. The van der Waals surface area contributed by atoms with Gasteiger partial charge in [0.25, 0.3) is 0 Å². The van der Waals surface area contributed by atoms with Crippen LogP contribution in [0, 0.1) is 5.82 Å². The molecule has 2 aromatic rings. The molecule has 1 fully saturated rings. The Kier molecular flexibility index (Phi) is 5.75. The van der Waals surface area contributed by atoms with Crippen LogP contribution in [0.4, 0.5) is 4.39 Å². The second-order valence-electron chi connectivity index (χ2n) is 6.38. The predicted molar refractivity (Wildman–Crippen MR) is 92.2 cm³/mol. The van der Waals surface area contributed by atoms with E-state index in [0.717, 1.165) is 25.1 Å². The Hall–Kier alpha value is -2.28. The lowest BCUT2D eigenvalue weighted by molar-refractivity contribution is -0.133. The van der Waals surface area contributed by atoms with Crippen LogP contribution in [0.25, 0.3) is 0 Å². The summed E-state index contributed by atoms with van der Waals surface area (Å²) < 4.78 is 15.7. The number of aromatic nitrogens is 3. The summed E-state index contributed by atoms with van der Waals surface area (Å²) in [6.45, 7) is 5.65. The van der Waals surface area contributed by atoms with Crippen molar-refractivity contribution in [3.63, 3.8) is 0 Å². The number of amides is 1. The van der Waals surface area contributed by atoms with Gasteiger partial charge < -0.3 is 4.90 Å². The molecule has 1 amide bonds. The number of aryl methyl sites for hydroxylation is 1. The fraction of sp³-hybridized carbons (Fsp3) is 0.500. The lowest BCUT2D eigenvalue weighted by Crippen LogP contribution is -2.49. The van der Waals surface area contributed by atoms with Crippen LogP contribution in [-0.2, 0) is 11.3 Å². The first-order valence-corrected chi connectivity index (χ1v) is 8.74. The first kappa shape index (κ1) is 17.5. The molecule has 1 saturated heterocycles. The van der Waals surface area contributed by atoms with Gasteiger partial charge in [0.2, 0.25) is 5.91 Å². The maximum absolute atomic E-state index is 14.0. The molecule has 1 aliphatic rings. The molecule has 0 saturated carbocycles. The van der Waals surface area contributed by atoms with Gasteiger partial charge in [-0.25, -0.2) is 9.37 Å². The van der Waals surface area contributed by atoms with Gasteiger partial charge in [-0.05, 0) is 19.4 Å². The molecule has 3 rings (SSSR count). The quantitative estimate of drug-likeness (QED) is 0.805. The summed E-state index contributed by atoms with van der Waals surface area (Å²) in [4.78, 5) is 20.4. The van der Waals surface area contributed by atoms with E-state index in [4.69, 9.17) is 0 Å². The molecular weight excluding hydrogens is 321 g/mol. The molecule has 1 unspecified atom stereocenters. The topological polar surface area (TPSA) is 54.3 Å². The maximum Gasteiger partial charge on any atom is 0.222 e. The van der Waals surface area contributed by atoms with Crippen LogP contribution in [0.2, 0.25) is 0 Å². The Morgan fingerprint density at radius 1 is 1.24 bits per heavy atom. The van der Waals surface area contributed by atoms with Crippen molar-refractivity contribution in [3.05, 3.63) is 48.3 Å². The Labute approximate surface area is 147 Å². The second-order valence-corrected chi connectivity index (χ2v) is 6.38. The molecule has 0 bridgehead atoms. The SMILES string of the molecule is CC(c1ccccc1F)N1CCN(C(=O)CCCn2cncn2)CC1. The van der Waals surface area contributed by atoms with Gasteiger partial charge in [0.15, 0.2) is 0 Å². The highest BCUT2D eigenvalue weighted by Crippen LogP contribution is 2.24. The van der Waals surface area contributed by atoms with E-state index in [9.17, 15) is 9.18 Å². The van der Waals surface area contributed by atoms with E-state index in [0.29, 0.717) is 26.1 Å². The van der Waals surface area contributed by atoms with E-state index in [1.165, 1.54) is 12.4 Å². The average molecular weight is 345 g/mol. The summed E-state index contributed by atoms with van der Waals surface area (Å²) in [6.07, 6.45) is 4.43. The highest BCUT2D eigenvalue weighted by Gasteiger charge is 2.25. The summed E-state index contributed by atoms with van der Waals surface area (Å²) >= 11 is 0. The molecule has 7 heteroatoms. The molecule has 0 spiro atoms. The number of rotatable bonds is 6. The molecule has 2 heterocycles. The van der Waals surface area contributed by atoms with E-state index < -0.39 is 0 Å². The highest BCUT2D eigenvalue weighted by molar-refractivity contribution is 5.76. The summed E-state index contributed by atoms with van der Waals surface area (Å²) in [5.74, 6) is 0.0138. The van der Waals surface area contributed by atoms with Gasteiger partial charge in [0.1, 0.15) is 18.5 Å². The lowest BCUT2D eigenvalue weighted by Gasteiger charge is -2.38. The van der Waals surface area contributed by atoms with E-state index >= 15 is 0 Å². The molecule has 6 nitrogen and oxygen atoms in total. The van der Waals surface area contributed by atoms with Crippen LogP contribution in [-0.4, -0.2) is 56.7 Å². The molecule has 134 valence electrons. The minimum atomic E-state index is -0.165. The first-order chi connectivity index (χ1) is 12.1. The Morgan fingerprint density at radius 3 is 2.68 bits per heavy atom. The molecular formula is C18H24FN5O. The smallest absolute Gasteiger partial charge is 0.222 e. The van der Waals surface area contributed by atoms with Gasteiger partial charge in [0.05, 0.1) is 0 Å². The zero-order valence-corrected chi connectivity index (χ0v) is 14.5. The van der Waals surface area contributed by atoms with Gasteiger partial charge in [-0.3, -0.25) is 14.4 Å². The van der Waals surface area contributed by atoms with Crippen molar-refractivity contribution >= 4 is 5.91 Å². The minimum absolute atomic E-state index is 0.0192. The number of nitrogens with zero attached hydrogens (tertiary/aromatic N) is 5. The number of carbonyl (C=O) groups is 1. The number of carbonyl (C=O) groups excluding carboxylic acids is 1. The second kappa shape index (κ2) is 8.20. The third-order valence-electron chi connectivity index (χ3n) is 4.81. The summed E-state index contributed by atoms with van der Waals surface area (Å²) in [5.41, 5.74) is 0.718. The highest BCUT2D eigenvalue weighted by atomic mass is 19.1. The first-order valence-electron chi connectivity index (χ1n) is 8.74. The molecule has 0 radical (unpaired) electrons. The van der Waals surface area contributed by atoms with Gasteiger partial charge in [0, 0.05) is 50.7 Å². The van der Waals surface area contributed by atoms with Crippen molar-refractivity contribution < 1.29 is 9.18 Å². The van der Waals surface area contributed by atoms with Crippen molar-refractivity contribution in [1.29, 1.82) is 0 Å². The van der Waals surface area contributed by atoms with E-state index in [1.54, 1.807) is 17.1 Å². The fourth-order valence-electron chi connectivity index (χ4n) is 3.27. The zero-order chi connectivity index (χ0) is 17.6. The van der Waals surface area contributed by atoms with Gasteiger partial charge in [-0.2, -0.15) is 5.10 Å². The minimum Gasteiger partial charge on any atom is -0.340 e. The molecule has 0 N–H and O–H groups in total. The van der Waals surface area contributed by atoms with Crippen LogP contribution in [0.1, 0.15) is 31.4 Å². The molecule has 1 atom stereocenters. The number of hydrogen-bond acceptors (Lipinski definition) is 4. The standard InChI is InChI=1S/C18H24FN5O/c1-15(16-5-2-3-6-17(16)19)22-9-11-23(12-10-22)18(25)7-4-8-24-14-20-13-21-24/h2-3,5-6,13-15H,4,7-12H2,1H3. The van der Waals surface area contributed by atoms with Crippen LogP contribution in [0.15, 0.2) is 36.9 Å². The van der Waals surface area contributed by atoms with Crippen LogP contribution >= 0.6 is 0 Å². The summed E-state index contributed by atoms with van der Waals surface area (Å²) in [5, 5.41) is 4.03. The monoisotopic (exact) mass is 345 g/mol. The normalized spacial score (nSPS) is 16.8. The number of halogens is 1. The molecule has 1 aromatic heterocycles. The largest absolute Gasteiger partial charge is 0.340 e. The fourth-order valence-corrected chi connectivity index (χ4v) is 3.27. The van der Waals surface area contributed by atoms with E-state index in [-0.39, 0.29) is 17.8 Å². The van der Waals surface area contributed by atoms with Gasteiger partial charge in [-0.1, -0.05) is 18.2 Å². The van der Waals surface area contributed by atoms with E-state index in [2.05, 4.69) is 15.0 Å². The predicted octanol–water partition coefficient (Wildman–Crippen LogP) is 2.10. The van der Waals surface area contributed by atoms with Crippen molar-refractivity contribution in [2.75, 3.05) is 26.2 Å². The molecule has 1 aromatic carbocycles. The number of hydrogen-bond donors (Lipinski definition) is 0. The van der Waals surface area contributed by atoms with Crippen LogP contribution < -0.4 is 0 Å². The Bertz CT molecular complexity index is 683. The molecule has 0 aliphatic carbocycles. The van der Waals surface area contributed by atoms with Gasteiger partial charge >= 0.3 is 0 Å². The zero-order valence-electron chi connectivity index (χ0n) is 14.5. The number of piperazine rings is 1. The van der Waals surface area contributed by atoms with Crippen LogP contribution in [0.3, 0.4) is 0 Å². The van der Waals surface area contributed by atoms with Crippen molar-refractivity contribution in [2.24, 2.45) is 0 Å².